The van der Waals surface area contributed by atoms with Crippen LogP contribution in [0, 0.1) is 0 Å². The minimum Gasteiger partial charge on any atom is -0.457 e. The minimum absolute atomic E-state index is 0.0345. The number of hydrogen-bond donors (Lipinski definition) is 1. The van der Waals surface area contributed by atoms with Crippen molar-refractivity contribution in [2.45, 2.75) is 31.1 Å². The fourth-order valence-corrected chi connectivity index (χ4v) is 5.22. The average molecular weight is 416 g/mol. The summed E-state index contributed by atoms with van der Waals surface area (Å²) < 4.78 is 5.97. The highest BCUT2D eigenvalue weighted by atomic mass is 32.1. The van der Waals surface area contributed by atoms with Gasteiger partial charge < -0.3 is 10.1 Å². The van der Waals surface area contributed by atoms with E-state index in [4.69, 9.17) is 4.74 Å². The standard InChI is InChI=1S/C25H21NO3S/c27-22-14-17(23-10-5-11-30-23)13-21-25(22)20(15-24(28)26-21)16-6-4-9-19(12-16)29-18-7-2-1-3-8-18/h1-12,17,20H,13-15H2,(H,26,28)/t17-,20+/m1/s1. The lowest BCUT2D eigenvalue weighted by molar-refractivity contribution is -0.122. The van der Waals surface area contributed by atoms with Crippen molar-refractivity contribution in [2.24, 2.45) is 0 Å². The van der Waals surface area contributed by atoms with Crippen LogP contribution in [0.1, 0.15) is 41.5 Å². The van der Waals surface area contributed by atoms with Crippen LogP contribution in [0.5, 0.6) is 11.5 Å². The van der Waals surface area contributed by atoms with E-state index < -0.39 is 0 Å². The number of amides is 1. The second-order valence-electron chi connectivity index (χ2n) is 7.73. The predicted molar refractivity (Wildman–Crippen MR) is 117 cm³/mol. The molecule has 1 N–H and O–H groups in total. The highest BCUT2D eigenvalue weighted by Gasteiger charge is 2.38. The third-order valence-corrected chi connectivity index (χ3v) is 6.76. The molecular formula is C25H21NO3S. The third kappa shape index (κ3) is 3.68. The largest absolute Gasteiger partial charge is 0.457 e. The summed E-state index contributed by atoms with van der Waals surface area (Å²) in [6.07, 6.45) is 1.47. The van der Waals surface area contributed by atoms with Gasteiger partial charge in [0.2, 0.25) is 5.91 Å². The Kier molecular flexibility index (Phi) is 4.97. The Morgan fingerprint density at radius 1 is 0.867 bits per heavy atom. The third-order valence-electron chi connectivity index (χ3n) is 5.72. The van der Waals surface area contributed by atoms with Crippen LogP contribution in [-0.4, -0.2) is 11.7 Å². The molecule has 5 heteroatoms. The first-order valence-corrected chi connectivity index (χ1v) is 11.0. The first-order chi connectivity index (χ1) is 14.7. The number of para-hydroxylation sites is 1. The van der Waals surface area contributed by atoms with E-state index in [1.807, 2.05) is 66.0 Å². The van der Waals surface area contributed by atoms with Gasteiger partial charge in [0.15, 0.2) is 5.78 Å². The molecule has 3 aromatic rings. The molecule has 1 aliphatic carbocycles. The van der Waals surface area contributed by atoms with Gasteiger partial charge in [0.1, 0.15) is 11.5 Å². The molecule has 1 aromatic heterocycles. The lowest BCUT2D eigenvalue weighted by Crippen LogP contribution is -2.38. The number of carbonyl (C=O) groups is 2. The number of ether oxygens (including phenoxy) is 1. The molecular weight excluding hydrogens is 394 g/mol. The van der Waals surface area contributed by atoms with E-state index in [1.165, 1.54) is 4.88 Å². The van der Waals surface area contributed by atoms with Gasteiger partial charge in [-0.25, -0.2) is 0 Å². The van der Waals surface area contributed by atoms with Crippen LogP contribution in [0.25, 0.3) is 0 Å². The number of hydrogen-bond acceptors (Lipinski definition) is 4. The Bertz CT molecular complexity index is 1120. The average Bonchev–Trinajstić information content (AvgIpc) is 3.29. The van der Waals surface area contributed by atoms with Crippen molar-refractivity contribution in [2.75, 3.05) is 0 Å². The normalized spacial score (nSPS) is 21.2. The van der Waals surface area contributed by atoms with E-state index in [2.05, 4.69) is 11.4 Å². The highest BCUT2D eigenvalue weighted by Crippen LogP contribution is 2.43. The quantitative estimate of drug-likeness (QED) is 0.608. The van der Waals surface area contributed by atoms with Crippen LogP contribution in [0.3, 0.4) is 0 Å². The van der Waals surface area contributed by atoms with E-state index in [0.717, 1.165) is 22.6 Å². The van der Waals surface area contributed by atoms with Gasteiger partial charge in [-0.05, 0) is 47.7 Å². The summed E-state index contributed by atoms with van der Waals surface area (Å²) in [5, 5.41) is 5.02. The Morgan fingerprint density at radius 2 is 1.70 bits per heavy atom. The summed E-state index contributed by atoms with van der Waals surface area (Å²) in [5.41, 5.74) is 2.49. The monoisotopic (exact) mass is 415 g/mol. The van der Waals surface area contributed by atoms with Gasteiger partial charge in [-0.1, -0.05) is 36.4 Å². The van der Waals surface area contributed by atoms with Crippen molar-refractivity contribution in [3.05, 3.63) is 93.8 Å². The fourth-order valence-electron chi connectivity index (χ4n) is 4.39. The van der Waals surface area contributed by atoms with Gasteiger partial charge in [-0.3, -0.25) is 9.59 Å². The van der Waals surface area contributed by atoms with Crippen molar-refractivity contribution >= 4 is 23.0 Å². The number of allylic oxidation sites excluding steroid dienone is 2. The lowest BCUT2D eigenvalue weighted by atomic mass is 9.74. The second-order valence-corrected chi connectivity index (χ2v) is 8.71. The van der Waals surface area contributed by atoms with Crippen LogP contribution in [0.2, 0.25) is 0 Å². The summed E-state index contributed by atoms with van der Waals surface area (Å²) in [6, 6.07) is 21.4. The number of benzene rings is 2. The van der Waals surface area contributed by atoms with E-state index in [1.54, 1.807) is 11.3 Å². The SMILES string of the molecule is O=C1C[C@@H](c2cccc(Oc3ccccc3)c2)C2=C(C[C@@H](c3cccs3)CC2=O)N1. The number of carbonyl (C=O) groups excluding carboxylic acids is 2. The molecule has 1 amide bonds. The van der Waals surface area contributed by atoms with Gasteiger partial charge in [0, 0.05) is 40.8 Å². The van der Waals surface area contributed by atoms with Gasteiger partial charge in [-0.2, -0.15) is 0 Å². The van der Waals surface area contributed by atoms with Crippen LogP contribution < -0.4 is 10.1 Å². The molecule has 5 rings (SSSR count). The summed E-state index contributed by atoms with van der Waals surface area (Å²) >= 11 is 1.67. The summed E-state index contributed by atoms with van der Waals surface area (Å²) in [6.45, 7) is 0. The van der Waals surface area contributed by atoms with Crippen LogP contribution in [-0.2, 0) is 9.59 Å². The zero-order valence-corrected chi connectivity index (χ0v) is 17.2. The number of ketones is 1. The van der Waals surface area contributed by atoms with Crippen LogP contribution in [0.4, 0.5) is 0 Å². The first kappa shape index (κ1) is 18.8. The fraction of sp³-hybridized carbons (Fsp3) is 0.200. The van der Waals surface area contributed by atoms with E-state index in [9.17, 15) is 9.59 Å². The van der Waals surface area contributed by atoms with Crippen molar-refractivity contribution < 1.29 is 14.3 Å². The topological polar surface area (TPSA) is 55.4 Å². The Labute approximate surface area is 179 Å². The van der Waals surface area contributed by atoms with Crippen LogP contribution in [0.15, 0.2) is 83.4 Å². The maximum Gasteiger partial charge on any atom is 0.225 e. The van der Waals surface area contributed by atoms with Crippen molar-refractivity contribution in [1.29, 1.82) is 0 Å². The molecule has 1 aliphatic heterocycles. The molecule has 2 aromatic carbocycles. The zero-order valence-electron chi connectivity index (χ0n) is 16.3. The van der Waals surface area contributed by atoms with Crippen molar-refractivity contribution in [1.82, 2.24) is 5.32 Å². The maximum absolute atomic E-state index is 13.2. The van der Waals surface area contributed by atoms with Crippen LogP contribution >= 0.6 is 11.3 Å². The number of Topliss-reactive ketones (excluding diaryl/α,β-unsaturated/α-hetero) is 1. The molecule has 2 atom stereocenters. The molecule has 0 radical (unpaired) electrons. The Balaban J connectivity index is 1.47. The molecule has 4 nitrogen and oxygen atoms in total. The van der Waals surface area contributed by atoms with E-state index >= 15 is 0 Å². The molecule has 0 saturated carbocycles. The molecule has 0 bridgehead atoms. The Hall–Kier alpha value is -3.18. The lowest BCUT2D eigenvalue weighted by Gasteiger charge is -2.34. The smallest absolute Gasteiger partial charge is 0.225 e. The molecule has 0 fully saturated rings. The van der Waals surface area contributed by atoms with Gasteiger partial charge in [0.05, 0.1) is 0 Å². The maximum atomic E-state index is 13.2. The van der Waals surface area contributed by atoms with Crippen molar-refractivity contribution in [3.63, 3.8) is 0 Å². The van der Waals surface area contributed by atoms with Crippen molar-refractivity contribution in [3.8, 4) is 11.5 Å². The first-order valence-electron chi connectivity index (χ1n) is 10.1. The second kappa shape index (κ2) is 7.92. The number of nitrogens with one attached hydrogen (secondary N) is 1. The molecule has 30 heavy (non-hydrogen) atoms. The summed E-state index contributed by atoms with van der Waals surface area (Å²) in [7, 11) is 0. The zero-order chi connectivity index (χ0) is 20.5. The molecule has 0 spiro atoms. The summed E-state index contributed by atoms with van der Waals surface area (Å²) in [5.74, 6) is 1.46. The molecule has 2 heterocycles. The molecule has 2 aliphatic rings. The number of thiophene rings is 1. The predicted octanol–water partition coefficient (Wildman–Crippen LogP) is 5.54. The molecule has 150 valence electrons. The Morgan fingerprint density at radius 3 is 2.50 bits per heavy atom. The van der Waals surface area contributed by atoms with Gasteiger partial charge in [-0.15, -0.1) is 11.3 Å². The summed E-state index contributed by atoms with van der Waals surface area (Å²) in [4.78, 5) is 26.9. The number of rotatable bonds is 4. The molecule has 0 saturated heterocycles. The van der Waals surface area contributed by atoms with E-state index in [-0.39, 0.29) is 29.9 Å². The van der Waals surface area contributed by atoms with Gasteiger partial charge in [0.25, 0.3) is 0 Å². The van der Waals surface area contributed by atoms with Gasteiger partial charge >= 0.3 is 0 Å². The minimum atomic E-state index is -0.232. The van der Waals surface area contributed by atoms with E-state index in [0.29, 0.717) is 18.6 Å². The highest BCUT2D eigenvalue weighted by molar-refractivity contribution is 7.10. The molecule has 0 unspecified atom stereocenters.